The van der Waals surface area contributed by atoms with E-state index in [1.165, 1.54) is 12.1 Å². The van der Waals surface area contributed by atoms with Crippen LogP contribution in [-0.2, 0) is 14.4 Å². The van der Waals surface area contributed by atoms with Crippen molar-refractivity contribution in [3.63, 3.8) is 0 Å². The molecular weight excluding hydrogens is 619 g/mol. The van der Waals surface area contributed by atoms with Gasteiger partial charge >= 0.3 is 0 Å². The van der Waals surface area contributed by atoms with Crippen molar-refractivity contribution in [2.45, 2.75) is 58.7 Å². The van der Waals surface area contributed by atoms with Crippen LogP contribution in [0.1, 0.15) is 50.9 Å². The number of nitrogens with one attached hydrogen (secondary N) is 3. The fraction of sp³-hybridized carbons (Fsp3) is 0.389. The molecule has 4 rings (SSSR count). The number of fused-ring (bicyclic) bond motifs is 1. The summed E-state index contributed by atoms with van der Waals surface area (Å²) in [6.07, 6.45) is -0.0421. The number of halogens is 1. The first kappa shape index (κ1) is 35.7. The van der Waals surface area contributed by atoms with E-state index in [2.05, 4.69) is 16.0 Å². The average Bonchev–Trinajstić information content (AvgIpc) is 3.06. The van der Waals surface area contributed by atoms with E-state index in [1.807, 2.05) is 26.8 Å². The topological polar surface area (TPSA) is 135 Å². The maximum absolute atomic E-state index is 14.7. The Balaban J connectivity index is 1.52. The van der Waals surface area contributed by atoms with Gasteiger partial charge in [-0.25, -0.2) is 4.39 Å². The van der Waals surface area contributed by atoms with Crippen molar-refractivity contribution in [1.82, 2.24) is 20.9 Å². The minimum atomic E-state index is -1.31. The molecule has 1 heterocycles. The highest BCUT2D eigenvalue weighted by atomic mass is 19.1. The second kappa shape index (κ2) is 17.1. The average molecular weight is 663 g/mol. The Hall–Kier alpha value is -5.13. The molecule has 0 aromatic heterocycles. The van der Waals surface area contributed by atoms with E-state index in [1.54, 1.807) is 66.4 Å². The number of amides is 4. The van der Waals surface area contributed by atoms with E-state index in [0.717, 1.165) is 0 Å². The van der Waals surface area contributed by atoms with Crippen LogP contribution in [0.3, 0.4) is 0 Å². The Kier molecular flexibility index (Phi) is 12.8. The summed E-state index contributed by atoms with van der Waals surface area (Å²) in [6, 6.07) is 16.8. The normalized spacial score (nSPS) is 18.0. The summed E-state index contributed by atoms with van der Waals surface area (Å²) in [7, 11) is 0. The second-order valence-corrected chi connectivity index (χ2v) is 11.9. The molecule has 3 aromatic rings. The van der Waals surface area contributed by atoms with Crippen molar-refractivity contribution in [2.24, 2.45) is 5.92 Å². The van der Waals surface area contributed by atoms with E-state index < -0.39 is 48.1 Å². The van der Waals surface area contributed by atoms with Crippen molar-refractivity contribution in [3.8, 4) is 23.0 Å². The van der Waals surface area contributed by atoms with Crippen LogP contribution < -0.4 is 30.2 Å². The maximum Gasteiger partial charge on any atom is 0.255 e. The summed E-state index contributed by atoms with van der Waals surface area (Å²) in [4.78, 5) is 55.5. The molecule has 3 atom stereocenters. The Morgan fingerprint density at radius 1 is 1.00 bits per heavy atom. The minimum Gasteiger partial charge on any atom is -0.491 e. The van der Waals surface area contributed by atoms with E-state index in [0.29, 0.717) is 18.7 Å². The summed E-state index contributed by atoms with van der Waals surface area (Å²) >= 11 is 0. The van der Waals surface area contributed by atoms with Gasteiger partial charge in [-0.2, -0.15) is 0 Å². The zero-order valence-corrected chi connectivity index (χ0v) is 27.7. The standard InChI is InChI=1S/C36H43FN4O7/c1-5-41-18-19-46-30-16-10-9-14-26(30)34(43)40-28(21-32(42)39-29(36(41)45)20-23(2)3)35(44)38-24(4)22-47-31-17-11-15-27(37)33(31)48-25-12-7-6-8-13-25/h6-17,23-24,28-29H,5,18-22H2,1-4H3,(H,38,44)(H,39,42)(H,40,43)/t24-,28+,29-/m1/s1. The van der Waals surface area contributed by atoms with Crippen LogP contribution in [0.15, 0.2) is 72.8 Å². The lowest BCUT2D eigenvalue weighted by Gasteiger charge is -2.29. The number of rotatable bonds is 10. The summed E-state index contributed by atoms with van der Waals surface area (Å²) in [5, 5.41) is 8.23. The number of benzene rings is 3. The van der Waals surface area contributed by atoms with Gasteiger partial charge < -0.3 is 35.1 Å². The number of ether oxygens (including phenoxy) is 3. The Morgan fingerprint density at radius 3 is 2.46 bits per heavy atom. The molecule has 48 heavy (non-hydrogen) atoms. The number of hydrogen-bond donors (Lipinski definition) is 3. The third kappa shape index (κ3) is 9.93. The monoisotopic (exact) mass is 662 g/mol. The molecule has 1 aliphatic heterocycles. The fourth-order valence-electron chi connectivity index (χ4n) is 5.18. The Labute approximate surface area is 280 Å². The Bertz CT molecular complexity index is 1570. The summed E-state index contributed by atoms with van der Waals surface area (Å²) in [6.45, 7) is 8.10. The fourth-order valence-corrected chi connectivity index (χ4v) is 5.18. The highest BCUT2D eigenvalue weighted by Crippen LogP contribution is 2.34. The number of likely N-dealkylation sites (N-methyl/N-ethyl adjacent to an activating group) is 1. The molecule has 3 N–H and O–H groups in total. The smallest absolute Gasteiger partial charge is 0.255 e. The first-order chi connectivity index (χ1) is 23.0. The molecule has 4 amide bonds. The van der Waals surface area contributed by atoms with E-state index in [-0.39, 0.29) is 54.4 Å². The van der Waals surface area contributed by atoms with Gasteiger partial charge in [-0.15, -0.1) is 0 Å². The Morgan fingerprint density at radius 2 is 1.73 bits per heavy atom. The second-order valence-electron chi connectivity index (χ2n) is 11.9. The van der Waals surface area contributed by atoms with Crippen LogP contribution in [0.2, 0.25) is 0 Å². The molecule has 3 aromatic carbocycles. The van der Waals surface area contributed by atoms with Crippen LogP contribution in [-0.4, -0.2) is 73.0 Å². The molecule has 0 radical (unpaired) electrons. The number of nitrogens with zero attached hydrogens (tertiary/aromatic N) is 1. The summed E-state index contributed by atoms with van der Waals surface area (Å²) in [5.41, 5.74) is 0.174. The molecule has 0 fully saturated rings. The predicted molar refractivity (Wildman–Crippen MR) is 177 cm³/mol. The van der Waals surface area contributed by atoms with Crippen LogP contribution in [0, 0.1) is 11.7 Å². The van der Waals surface area contributed by atoms with Gasteiger partial charge in [0.25, 0.3) is 5.91 Å². The van der Waals surface area contributed by atoms with Gasteiger partial charge in [-0.3, -0.25) is 19.2 Å². The van der Waals surface area contributed by atoms with Crippen LogP contribution >= 0.6 is 0 Å². The minimum absolute atomic E-state index is 0.0817. The van der Waals surface area contributed by atoms with Crippen molar-refractivity contribution in [1.29, 1.82) is 0 Å². The van der Waals surface area contributed by atoms with E-state index in [4.69, 9.17) is 14.2 Å². The highest BCUT2D eigenvalue weighted by molar-refractivity contribution is 6.01. The third-order valence-corrected chi connectivity index (χ3v) is 7.57. The maximum atomic E-state index is 14.7. The predicted octanol–water partition coefficient (Wildman–Crippen LogP) is 4.46. The van der Waals surface area contributed by atoms with Crippen molar-refractivity contribution < 1.29 is 37.8 Å². The van der Waals surface area contributed by atoms with E-state index >= 15 is 0 Å². The molecule has 0 aliphatic carbocycles. The number of carbonyl (C=O) groups excluding carboxylic acids is 4. The molecule has 0 saturated carbocycles. The van der Waals surface area contributed by atoms with Gasteiger partial charge in [0.05, 0.1) is 24.6 Å². The molecule has 256 valence electrons. The van der Waals surface area contributed by atoms with E-state index in [9.17, 15) is 23.6 Å². The van der Waals surface area contributed by atoms with Gasteiger partial charge in [0.2, 0.25) is 23.5 Å². The molecule has 0 unspecified atom stereocenters. The van der Waals surface area contributed by atoms with Crippen molar-refractivity contribution in [2.75, 3.05) is 26.3 Å². The molecular formula is C36H43FN4O7. The quantitative estimate of drug-likeness (QED) is 0.292. The molecule has 12 heteroatoms. The van der Waals surface area contributed by atoms with Crippen LogP contribution in [0.4, 0.5) is 4.39 Å². The largest absolute Gasteiger partial charge is 0.491 e. The molecule has 11 nitrogen and oxygen atoms in total. The number of hydrogen-bond acceptors (Lipinski definition) is 7. The molecule has 0 spiro atoms. The zero-order chi connectivity index (χ0) is 34.6. The van der Waals surface area contributed by atoms with Gasteiger partial charge in [0.1, 0.15) is 36.8 Å². The lowest BCUT2D eigenvalue weighted by atomic mass is 10.0. The molecule has 0 saturated heterocycles. The number of carbonyl (C=O) groups is 4. The van der Waals surface area contributed by atoms with Crippen molar-refractivity contribution in [3.05, 3.63) is 84.2 Å². The van der Waals surface area contributed by atoms with Crippen LogP contribution in [0.5, 0.6) is 23.0 Å². The van der Waals surface area contributed by atoms with Gasteiger partial charge in [-0.1, -0.05) is 50.2 Å². The van der Waals surface area contributed by atoms with Gasteiger partial charge in [-0.05, 0) is 62.6 Å². The molecule has 1 aliphatic rings. The lowest BCUT2D eigenvalue weighted by Crippen LogP contribution is -2.54. The highest BCUT2D eigenvalue weighted by Gasteiger charge is 2.31. The van der Waals surface area contributed by atoms with Crippen LogP contribution in [0.25, 0.3) is 0 Å². The summed E-state index contributed by atoms with van der Waals surface area (Å²) < 4.78 is 32.2. The first-order valence-corrected chi connectivity index (χ1v) is 16.1. The molecule has 0 bridgehead atoms. The zero-order valence-electron chi connectivity index (χ0n) is 27.7. The van der Waals surface area contributed by atoms with Gasteiger partial charge in [0, 0.05) is 6.54 Å². The summed E-state index contributed by atoms with van der Waals surface area (Å²) in [5.74, 6) is -1.89. The first-order valence-electron chi connectivity index (χ1n) is 16.1. The third-order valence-electron chi connectivity index (χ3n) is 7.57. The van der Waals surface area contributed by atoms with Gasteiger partial charge in [0.15, 0.2) is 11.6 Å². The SMILES string of the molecule is CCN1CCOc2ccccc2C(=O)N[C@H](C(=O)N[C@H](C)COc2cccc(F)c2Oc2ccccc2)CC(=O)N[C@H](CC(C)C)C1=O. The van der Waals surface area contributed by atoms with Crippen molar-refractivity contribution >= 4 is 23.6 Å². The lowest BCUT2D eigenvalue weighted by molar-refractivity contribution is -0.137. The number of para-hydroxylation sites is 3.